The van der Waals surface area contributed by atoms with Crippen LogP contribution < -0.4 is 4.72 Å². The van der Waals surface area contributed by atoms with Crippen LogP contribution in [-0.2, 0) is 29.4 Å². The molecule has 0 heterocycles. The minimum atomic E-state index is -3.09. The van der Waals surface area contributed by atoms with E-state index in [4.69, 9.17) is 0 Å². The lowest BCUT2D eigenvalue weighted by atomic mass is 10.1. The molecule has 82 valence electrons. The van der Waals surface area contributed by atoms with Gasteiger partial charge in [0.25, 0.3) is 0 Å². The fraction of sp³-hybridized carbons (Fsp3) is 0.455. The summed E-state index contributed by atoms with van der Waals surface area (Å²) in [5.41, 5.74) is 3.84. The molecule has 3 nitrogen and oxygen atoms in total. The van der Waals surface area contributed by atoms with Crippen LogP contribution in [0.2, 0.25) is 0 Å². The topological polar surface area (TPSA) is 46.2 Å². The van der Waals surface area contributed by atoms with Crippen LogP contribution in [0.3, 0.4) is 0 Å². The lowest BCUT2D eigenvalue weighted by Gasteiger charge is -2.05. The molecule has 0 radical (unpaired) electrons. The summed E-state index contributed by atoms with van der Waals surface area (Å²) >= 11 is 0. The number of rotatable bonds is 3. The number of aryl methyl sites for hydroxylation is 2. The monoisotopic (exact) mass is 225 g/mol. The minimum Gasteiger partial charge on any atom is -0.213 e. The zero-order valence-electron chi connectivity index (χ0n) is 8.79. The summed E-state index contributed by atoms with van der Waals surface area (Å²) in [7, 11) is -3.09. The molecule has 15 heavy (non-hydrogen) atoms. The second-order valence-electron chi connectivity index (χ2n) is 4.05. The van der Waals surface area contributed by atoms with E-state index in [1.165, 1.54) is 23.8 Å². The van der Waals surface area contributed by atoms with Crippen LogP contribution in [0.4, 0.5) is 0 Å². The first-order valence-corrected chi connectivity index (χ1v) is 6.99. The molecule has 0 aliphatic heterocycles. The molecular formula is C11H15NO2S. The second kappa shape index (κ2) is 3.94. The fourth-order valence-electron chi connectivity index (χ4n) is 1.95. The lowest BCUT2D eigenvalue weighted by Crippen LogP contribution is -2.21. The quantitative estimate of drug-likeness (QED) is 0.841. The van der Waals surface area contributed by atoms with Gasteiger partial charge in [0.2, 0.25) is 10.0 Å². The summed E-state index contributed by atoms with van der Waals surface area (Å²) in [5.74, 6) is 0. The van der Waals surface area contributed by atoms with Crippen molar-refractivity contribution in [2.45, 2.75) is 25.8 Å². The molecule has 0 aromatic heterocycles. The SMILES string of the molecule is CS(=O)(=O)NCc1ccc2c(c1)CCC2. The molecule has 1 aromatic rings. The summed E-state index contributed by atoms with van der Waals surface area (Å²) < 4.78 is 24.4. The minimum absolute atomic E-state index is 0.395. The van der Waals surface area contributed by atoms with E-state index < -0.39 is 10.0 Å². The fourth-order valence-corrected chi connectivity index (χ4v) is 2.38. The van der Waals surface area contributed by atoms with E-state index in [-0.39, 0.29) is 0 Å². The van der Waals surface area contributed by atoms with E-state index in [1.807, 2.05) is 6.07 Å². The van der Waals surface area contributed by atoms with Gasteiger partial charge in [-0.05, 0) is 36.0 Å². The van der Waals surface area contributed by atoms with Gasteiger partial charge in [-0.25, -0.2) is 13.1 Å². The molecule has 1 aliphatic carbocycles. The van der Waals surface area contributed by atoms with Gasteiger partial charge in [0.05, 0.1) is 6.26 Å². The molecular weight excluding hydrogens is 210 g/mol. The third kappa shape index (κ3) is 2.79. The lowest BCUT2D eigenvalue weighted by molar-refractivity contribution is 0.587. The van der Waals surface area contributed by atoms with Crippen LogP contribution in [0.1, 0.15) is 23.1 Å². The first-order chi connectivity index (χ1) is 7.04. The Morgan fingerprint density at radius 1 is 1.27 bits per heavy atom. The maximum absolute atomic E-state index is 10.9. The van der Waals surface area contributed by atoms with Crippen molar-refractivity contribution < 1.29 is 8.42 Å². The Bertz CT molecular complexity index is 465. The Balaban J connectivity index is 2.10. The Kier molecular flexibility index (Phi) is 2.80. The summed E-state index contributed by atoms with van der Waals surface area (Å²) in [6.07, 6.45) is 4.69. The second-order valence-corrected chi connectivity index (χ2v) is 5.88. The van der Waals surface area contributed by atoms with Gasteiger partial charge in [-0.15, -0.1) is 0 Å². The predicted octanol–water partition coefficient (Wildman–Crippen LogP) is 1.22. The number of benzene rings is 1. The van der Waals surface area contributed by atoms with Crippen molar-refractivity contribution in [3.63, 3.8) is 0 Å². The maximum Gasteiger partial charge on any atom is 0.209 e. The van der Waals surface area contributed by atoms with Crippen molar-refractivity contribution in [1.82, 2.24) is 4.72 Å². The van der Waals surface area contributed by atoms with E-state index in [0.29, 0.717) is 6.54 Å². The van der Waals surface area contributed by atoms with Gasteiger partial charge in [0.1, 0.15) is 0 Å². The maximum atomic E-state index is 10.9. The van der Waals surface area contributed by atoms with Gasteiger partial charge in [0.15, 0.2) is 0 Å². The van der Waals surface area contributed by atoms with E-state index in [2.05, 4.69) is 16.9 Å². The average Bonchev–Trinajstić information content (AvgIpc) is 2.60. The van der Waals surface area contributed by atoms with Crippen molar-refractivity contribution in [3.8, 4) is 0 Å². The first-order valence-electron chi connectivity index (χ1n) is 5.10. The van der Waals surface area contributed by atoms with Gasteiger partial charge < -0.3 is 0 Å². The molecule has 2 rings (SSSR count). The van der Waals surface area contributed by atoms with E-state index in [9.17, 15) is 8.42 Å². The van der Waals surface area contributed by atoms with Gasteiger partial charge >= 0.3 is 0 Å². The highest BCUT2D eigenvalue weighted by atomic mass is 32.2. The molecule has 0 saturated carbocycles. The van der Waals surface area contributed by atoms with Crippen molar-refractivity contribution in [2.24, 2.45) is 0 Å². The molecule has 0 fully saturated rings. The van der Waals surface area contributed by atoms with E-state index in [0.717, 1.165) is 18.4 Å². The normalized spacial score (nSPS) is 15.3. The van der Waals surface area contributed by atoms with Crippen molar-refractivity contribution in [3.05, 3.63) is 34.9 Å². The number of sulfonamides is 1. The van der Waals surface area contributed by atoms with Gasteiger partial charge in [-0.1, -0.05) is 18.2 Å². The Hall–Kier alpha value is -0.870. The third-order valence-corrected chi connectivity index (χ3v) is 3.37. The Morgan fingerprint density at radius 3 is 2.73 bits per heavy atom. The molecule has 0 saturated heterocycles. The molecule has 0 unspecified atom stereocenters. The molecule has 0 spiro atoms. The Morgan fingerprint density at radius 2 is 2.00 bits per heavy atom. The molecule has 0 bridgehead atoms. The van der Waals surface area contributed by atoms with Crippen LogP contribution >= 0.6 is 0 Å². The van der Waals surface area contributed by atoms with E-state index in [1.54, 1.807) is 0 Å². The van der Waals surface area contributed by atoms with Crippen molar-refractivity contribution in [2.75, 3.05) is 6.26 Å². The van der Waals surface area contributed by atoms with Gasteiger partial charge in [-0.3, -0.25) is 0 Å². The van der Waals surface area contributed by atoms with Crippen molar-refractivity contribution >= 4 is 10.0 Å². The highest BCUT2D eigenvalue weighted by molar-refractivity contribution is 7.88. The van der Waals surface area contributed by atoms with Crippen LogP contribution in [0.15, 0.2) is 18.2 Å². The molecule has 1 aromatic carbocycles. The number of hydrogen-bond acceptors (Lipinski definition) is 2. The molecule has 0 amide bonds. The average molecular weight is 225 g/mol. The smallest absolute Gasteiger partial charge is 0.209 e. The standard InChI is InChI=1S/C11H15NO2S/c1-15(13,14)12-8-9-5-6-10-3-2-4-11(10)7-9/h5-7,12H,2-4,8H2,1H3. The van der Waals surface area contributed by atoms with E-state index >= 15 is 0 Å². The van der Waals surface area contributed by atoms with Crippen LogP contribution in [0.5, 0.6) is 0 Å². The van der Waals surface area contributed by atoms with Crippen LogP contribution in [0.25, 0.3) is 0 Å². The van der Waals surface area contributed by atoms with Crippen LogP contribution in [0, 0.1) is 0 Å². The summed E-state index contributed by atoms with van der Waals surface area (Å²) in [5, 5.41) is 0. The summed E-state index contributed by atoms with van der Waals surface area (Å²) in [6.45, 7) is 0.395. The predicted molar refractivity (Wildman–Crippen MR) is 60.2 cm³/mol. The largest absolute Gasteiger partial charge is 0.213 e. The summed E-state index contributed by atoms with van der Waals surface area (Å²) in [4.78, 5) is 0. The Labute approximate surface area is 90.6 Å². The zero-order valence-corrected chi connectivity index (χ0v) is 9.60. The van der Waals surface area contributed by atoms with Gasteiger partial charge in [0, 0.05) is 6.54 Å². The highest BCUT2D eigenvalue weighted by Gasteiger charge is 2.11. The molecule has 1 N–H and O–H groups in total. The zero-order chi connectivity index (χ0) is 10.9. The highest BCUT2D eigenvalue weighted by Crippen LogP contribution is 2.22. The first kappa shape index (κ1) is 10.6. The molecule has 1 aliphatic rings. The number of fused-ring (bicyclic) bond motifs is 1. The number of hydrogen-bond donors (Lipinski definition) is 1. The molecule has 0 atom stereocenters. The number of nitrogens with one attached hydrogen (secondary N) is 1. The van der Waals surface area contributed by atoms with Gasteiger partial charge in [-0.2, -0.15) is 0 Å². The third-order valence-electron chi connectivity index (χ3n) is 2.70. The van der Waals surface area contributed by atoms with Crippen molar-refractivity contribution in [1.29, 1.82) is 0 Å². The van der Waals surface area contributed by atoms with Crippen LogP contribution in [-0.4, -0.2) is 14.7 Å². The molecule has 4 heteroatoms. The summed E-state index contributed by atoms with van der Waals surface area (Å²) in [6, 6.07) is 6.23.